The molecule has 4 aliphatic rings. The predicted octanol–water partition coefficient (Wildman–Crippen LogP) is 7.94. The van der Waals surface area contributed by atoms with Crippen molar-refractivity contribution in [3.05, 3.63) is 23.3 Å². The van der Waals surface area contributed by atoms with Gasteiger partial charge >= 0.3 is 0 Å². The van der Waals surface area contributed by atoms with Crippen LogP contribution < -0.4 is 0 Å². The van der Waals surface area contributed by atoms with Gasteiger partial charge in [-0.05, 0) is 117 Å². The maximum Gasteiger partial charge on any atom is 0.0577 e. The van der Waals surface area contributed by atoms with Crippen molar-refractivity contribution >= 4 is 0 Å². The fourth-order valence-corrected chi connectivity index (χ4v) is 8.98. The number of hydrogen-bond donors (Lipinski definition) is 1. The highest BCUT2D eigenvalue weighted by molar-refractivity contribution is 5.25. The highest BCUT2D eigenvalue weighted by Crippen LogP contribution is 2.67. The van der Waals surface area contributed by atoms with E-state index in [9.17, 15) is 5.11 Å². The molecule has 1 heteroatoms. The molecule has 0 aromatic carbocycles. The molecule has 1 nitrogen and oxygen atoms in total. The molecule has 3 saturated carbocycles. The van der Waals surface area contributed by atoms with Gasteiger partial charge in [0, 0.05) is 0 Å². The summed E-state index contributed by atoms with van der Waals surface area (Å²) in [5.41, 5.74) is 4.21. The predicted molar refractivity (Wildman–Crippen MR) is 128 cm³/mol. The summed E-state index contributed by atoms with van der Waals surface area (Å²) in [6, 6.07) is 0. The third-order valence-electron chi connectivity index (χ3n) is 10.8. The van der Waals surface area contributed by atoms with Gasteiger partial charge in [-0.3, -0.25) is 0 Å². The summed E-state index contributed by atoms with van der Waals surface area (Å²) in [5, 5.41) is 10.2. The van der Waals surface area contributed by atoms with Crippen molar-refractivity contribution in [2.24, 2.45) is 46.3 Å². The van der Waals surface area contributed by atoms with E-state index >= 15 is 0 Å². The summed E-state index contributed by atoms with van der Waals surface area (Å²) in [7, 11) is 0. The molecule has 4 rings (SSSR count). The quantitative estimate of drug-likeness (QED) is 0.454. The molecule has 0 aliphatic heterocycles. The van der Waals surface area contributed by atoms with E-state index in [0.29, 0.717) is 16.7 Å². The molecule has 0 heterocycles. The normalized spacial score (nSPS) is 44.9. The van der Waals surface area contributed by atoms with Crippen LogP contribution in [0, 0.1) is 46.3 Å². The number of allylic oxidation sites excluding steroid dienone is 3. The van der Waals surface area contributed by atoms with Gasteiger partial charge < -0.3 is 5.11 Å². The molecule has 0 bridgehead atoms. The van der Waals surface area contributed by atoms with Gasteiger partial charge in [0.1, 0.15) is 0 Å². The fraction of sp³-hybridized carbons (Fsp3) is 0.862. The first-order valence-electron chi connectivity index (χ1n) is 13.2. The Bertz CT molecular complexity index is 686. The summed E-state index contributed by atoms with van der Waals surface area (Å²) in [6.07, 6.45) is 17.8. The van der Waals surface area contributed by atoms with Crippen LogP contribution in [0.2, 0.25) is 0 Å². The number of aliphatic hydroxyl groups excluding tert-OH is 1. The lowest BCUT2D eigenvalue weighted by atomic mass is 9.47. The topological polar surface area (TPSA) is 20.2 Å². The zero-order valence-corrected chi connectivity index (χ0v) is 20.7. The van der Waals surface area contributed by atoms with Crippen molar-refractivity contribution in [1.29, 1.82) is 0 Å². The smallest absolute Gasteiger partial charge is 0.0577 e. The van der Waals surface area contributed by atoms with Crippen molar-refractivity contribution in [2.45, 2.75) is 112 Å². The average Bonchev–Trinajstić information content (AvgIpc) is 3.06. The Labute approximate surface area is 186 Å². The summed E-state index contributed by atoms with van der Waals surface area (Å²) < 4.78 is 0. The van der Waals surface area contributed by atoms with Crippen LogP contribution in [0.25, 0.3) is 0 Å². The van der Waals surface area contributed by atoms with E-state index in [1.807, 2.05) is 0 Å². The molecule has 0 saturated heterocycles. The van der Waals surface area contributed by atoms with Gasteiger partial charge in [-0.15, -0.1) is 0 Å². The Balaban J connectivity index is 1.49. The summed E-state index contributed by atoms with van der Waals surface area (Å²) in [5.74, 6) is 5.15. The maximum atomic E-state index is 10.2. The van der Waals surface area contributed by atoms with Crippen LogP contribution in [-0.2, 0) is 0 Å². The number of aliphatic hydroxyl groups is 1. The Morgan fingerprint density at radius 2 is 1.87 bits per heavy atom. The first kappa shape index (κ1) is 22.6. The fourth-order valence-electron chi connectivity index (χ4n) is 8.98. The molecule has 0 aromatic rings. The van der Waals surface area contributed by atoms with Gasteiger partial charge in [0.25, 0.3) is 0 Å². The van der Waals surface area contributed by atoms with E-state index in [1.165, 1.54) is 51.4 Å². The van der Waals surface area contributed by atoms with Gasteiger partial charge in [-0.25, -0.2) is 0 Å². The molecule has 0 amide bonds. The monoisotopic (exact) mass is 412 g/mol. The molecule has 0 radical (unpaired) electrons. The van der Waals surface area contributed by atoms with Gasteiger partial charge in [-0.2, -0.15) is 0 Å². The number of fused-ring (bicyclic) bond motifs is 5. The Morgan fingerprint density at radius 3 is 2.57 bits per heavy atom. The standard InChI is InChI=1S/C29H48O/c1-7-21(19(2)3)9-8-20(4)25-12-13-26-24-11-10-22-18-23(30)14-16-28(22,5)27(24)15-17-29(25,26)6/h7,10,19-20,23-27,30H,8-9,11-18H2,1-6H3/b21-7-/t20-,23+,24?,25-,26+,27+,28+,29-/m1/s1. The molecule has 0 spiro atoms. The van der Waals surface area contributed by atoms with Crippen molar-refractivity contribution in [3.8, 4) is 0 Å². The average molecular weight is 413 g/mol. The van der Waals surface area contributed by atoms with Crippen LogP contribution in [0.3, 0.4) is 0 Å². The van der Waals surface area contributed by atoms with Crippen molar-refractivity contribution in [1.82, 2.24) is 0 Å². The minimum atomic E-state index is -0.0839. The number of rotatable bonds is 5. The third kappa shape index (κ3) is 3.66. The molecule has 1 N–H and O–H groups in total. The van der Waals surface area contributed by atoms with Crippen LogP contribution in [0.5, 0.6) is 0 Å². The molecule has 30 heavy (non-hydrogen) atoms. The summed E-state index contributed by atoms with van der Waals surface area (Å²) in [6.45, 7) is 14.7. The molecule has 170 valence electrons. The molecular formula is C29H48O. The van der Waals surface area contributed by atoms with Crippen molar-refractivity contribution in [2.75, 3.05) is 0 Å². The van der Waals surface area contributed by atoms with E-state index in [4.69, 9.17) is 0 Å². The van der Waals surface area contributed by atoms with Crippen LogP contribution >= 0.6 is 0 Å². The molecule has 8 atom stereocenters. The molecule has 1 unspecified atom stereocenters. The van der Waals surface area contributed by atoms with Gasteiger partial charge in [0.2, 0.25) is 0 Å². The van der Waals surface area contributed by atoms with E-state index < -0.39 is 0 Å². The second-order valence-corrected chi connectivity index (χ2v) is 12.4. The third-order valence-corrected chi connectivity index (χ3v) is 10.8. The summed E-state index contributed by atoms with van der Waals surface area (Å²) >= 11 is 0. The first-order chi connectivity index (χ1) is 14.2. The van der Waals surface area contributed by atoms with E-state index in [0.717, 1.165) is 42.4 Å². The molecular weight excluding hydrogens is 364 g/mol. The van der Waals surface area contributed by atoms with Gasteiger partial charge in [0.15, 0.2) is 0 Å². The maximum absolute atomic E-state index is 10.2. The Hall–Kier alpha value is -0.560. The molecule has 0 aromatic heterocycles. The lowest BCUT2D eigenvalue weighted by Crippen LogP contribution is -2.50. The Kier molecular flexibility index (Phi) is 6.35. The zero-order valence-electron chi connectivity index (χ0n) is 20.7. The van der Waals surface area contributed by atoms with Crippen LogP contribution in [-0.4, -0.2) is 11.2 Å². The Morgan fingerprint density at radius 1 is 1.10 bits per heavy atom. The lowest BCUT2D eigenvalue weighted by Gasteiger charge is -2.58. The highest BCUT2D eigenvalue weighted by Gasteiger charge is 2.59. The largest absolute Gasteiger partial charge is 0.393 e. The summed E-state index contributed by atoms with van der Waals surface area (Å²) in [4.78, 5) is 0. The number of hydrogen-bond acceptors (Lipinski definition) is 1. The van der Waals surface area contributed by atoms with Crippen LogP contribution in [0.4, 0.5) is 0 Å². The van der Waals surface area contributed by atoms with E-state index in [-0.39, 0.29) is 6.10 Å². The van der Waals surface area contributed by atoms with E-state index in [2.05, 4.69) is 53.7 Å². The minimum Gasteiger partial charge on any atom is -0.393 e. The molecule has 3 fully saturated rings. The molecule has 4 aliphatic carbocycles. The van der Waals surface area contributed by atoms with E-state index in [1.54, 1.807) is 11.1 Å². The first-order valence-corrected chi connectivity index (χ1v) is 13.2. The van der Waals surface area contributed by atoms with Gasteiger partial charge in [-0.1, -0.05) is 57.9 Å². The van der Waals surface area contributed by atoms with Crippen molar-refractivity contribution < 1.29 is 5.11 Å². The highest BCUT2D eigenvalue weighted by atomic mass is 16.3. The van der Waals surface area contributed by atoms with Crippen molar-refractivity contribution in [3.63, 3.8) is 0 Å². The minimum absolute atomic E-state index is 0.0839. The van der Waals surface area contributed by atoms with Crippen LogP contribution in [0.15, 0.2) is 23.3 Å². The second-order valence-electron chi connectivity index (χ2n) is 12.4. The van der Waals surface area contributed by atoms with Gasteiger partial charge in [0.05, 0.1) is 6.10 Å². The SMILES string of the molecule is C/C=C(/CC[C@@H](C)[C@H]1CC[C@H]2C3CC=C4C[C@@H](O)CC[C@]4(C)[C@H]3CC[C@]12C)C(C)C. The van der Waals surface area contributed by atoms with Crippen LogP contribution in [0.1, 0.15) is 106 Å². The second kappa shape index (κ2) is 8.42. The lowest BCUT2D eigenvalue weighted by molar-refractivity contribution is -0.0571. The zero-order chi connectivity index (χ0) is 21.7.